The molecule has 1 aliphatic rings. The molecule has 1 heterocycles. The van der Waals surface area contributed by atoms with Gasteiger partial charge in [0.2, 0.25) is 5.91 Å². The van der Waals surface area contributed by atoms with Crippen LogP contribution in [0.25, 0.3) is 6.08 Å². The third-order valence-corrected chi connectivity index (χ3v) is 9.53. The number of aryl methyl sites for hydroxylation is 1. The van der Waals surface area contributed by atoms with E-state index < -0.39 is 17.8 Å². The van der Waals surface area contributed by atoms with Crippen LogP contribution in [0.3, 0.4) is 0 Å². The first-order valence-corrected chi connectivity index (χ1v) is 17.0. The van der Waals surface area contributed by atoms with Crippen LogP contribution in [-0.4, -0.2) is 43.2 Å². The Balaban J connectivity index is 1.28. The highest BCUT2D eigenvalue weighted by Gasteiger charge is 2.27. The largest absolute Gasteiger partial charge is 0.496 e. The Labute approximate surface area is 281 Å². The first-order valence-electron chi connectivity index (χ1n) is 15.2. The summed E-state index contributed by atoms with van der Waals surface area (Å²) in [5, 5.41) is 9.06. The highest BCUT2D eigenvalue weighted by Crippen LogP contribution is 2.39. The van der Waals surface area contributed by atoms with Crippen molar-refractivity contribution >= 4 is 63.6 Å². The summed E-state index contributed by atoms with van der Waals surface area (Å²) in [6.07, 6.45) is 5.31. The molecule has 0 atom stereocenters. The number of benzene rings is 3. The zero-order valence-corrected chi connectivity index (χ0v) is 27.7. The molecule has 0 radical (unpaired) electrons. The van der Waals surface area contributed by atoms with E-state index in [0.29, 0.717) is 33.1 Å². The van der Waals surface area contributed by atoms with Gasteiger partial charge in [0.05, 0.1) is 25.0 Å². The zero-order chi connectivity index (χ0) is 33.2. The van der Waals surface area contributed by atoms with Crippen LogP contribution in [0.5, 0.6) is 5.75 Å². The number of ether oxygens (including phenoxy) is 2. The topological polar surface area (TPSA) is 123 Å². The number of rotatable bonds is 12. The van der Waals surface area contributed by atoms with E-state index in [4.69, 9.17) is 9.47 Å². The van der Waals surface area contributed by atoms with Crippen molar-refractivity contribution in [3.05, 3.63) is 112 Å². The molecule has 3 N–H and O–H groups in total. The standard InChI is InChI=1S/C36H35N3O6S2/c1-3-45-36(43)32-27-17-8-10-19-30(27)47-35(32)39-31(40)22-46-26-16-11-15-25(21-26)37-34(42)28(20-24-14-7-9-18-29(24)44-2)38-33(41)23-12-5-4-6-13-23/h4-7,9,11-16,18,20-21H,3,8,10,17,19,22H2,1-2H3,(H,37,42)(H,38,41)(H,39,40)/b28-20+. The lowest BCUT2D eigenvalue weighted by atomic mass is 9.95. The molecule has 3 aromatic carbocycles. The molecule has 0 bridgehead atoms. The smallest absolute Gasteiger partial charge is 0.341 e. The minimum absolute atomic E-state index is 0.0248. The second-order valence-electron chi connectivity index (χ2n) is 10.6. The Morgan fingerprint density at radius 3 is 2.47 bits per heavy atom. The lowest BCUT2D eigenvalue weighted by Crippen LogP contribution is -2.30. The van der Waals surface area contributed by atoms with Gasteiger partial charge in [-0.25, -0.2) is 4.79 Å². The lowest BCUT2D eigenvalue weighted by Gasteiger charge is -2.13. The molecule has 0 spiro atoms. The summed E-state index contributed by atoms with van der Waals surface area (Å²) in [7, 11) is 1.53. The number of carbonyl (C=O) groups excluding carboxylic acids is 4. The van der Waals surface area contributed by atoms with Gasteiger partial charge in [-0.15, -0.1) is 23.1 Å². The molecule has 0 unspecified atom stereocenters. The summed E-state index contributed by atoms with van der Waals surface area (Å²) in [6, 6.07) is 22.9. The van der Waals surface area contributed by atoms with Crippen LogP contribution >= 0.6 is 23.1 Å². The molecule has 9 nitrogen and oxygen atoms in total. The minimum Gasteiger partial charge on any atom is -0.496 e. The summed E-state index contributed by atoms with van der Waals surface area (Å²) in [4.78, 5) is 54.2. The highest BCUT2D eigenvalue weighted by atomic mass is 32.2. The second kappa shape index (κ2) is 16.1. The number of para-hydroxylation sites is 1. The van der Waals surface area contributed by atoms with Crippen molar-refractivity contribution < 1.29 is 28.7 Å². The summed E-state index contributed by atoms with van der Waals surface area (Å²) >= 11 is 2.75. The molecule has 0 fully saturated rings. The number of hydrogen-bond donors (Lipinski definition) is 3. The van der Waals surface area contributed by atoms with Crippen LogP contribution in [-0.2, 0) is 27.2 Å². The molecular weight excluding hydrogens is 635 g/mol. The van der Waals surface area contributed by atoms with E-state index in [2.05, 4.69) is 16.0 Å². The Hall–Kier alpha value is -4.87. The van der Waals surface area contributed by atoms with Gasteiger partial charge in [0.1, 0.15) is 16.4 Å². The predicted molar refractivity (Wildman–Crippen MR) is 186 cm³/mol. The van der Waals surface area contributed by atoms with Crippen molar-refractivity contribution in [2.45, 2.75) is 37.5 Å². The molecule has 0 saturated carbocycles. The predicted octanol–water partition coefficient (Wildman–Crippen LogP) is 6.95. The van der Waals surface area contributed by atoms with E-state index in [9.17, 15) is 19.2 Å². The van der Waals surface area contributed by atoms with Gasteiger partial charge in [-0.3, -0.25) is 14.4 Å². The molecular formula is C36H35N3O6S2. The normalized spacial score (nSPS) is 12.4. The molecule has 11 heteroatoms. The first kappa shape index (κ1) is 33.5. The van der Waals surface area contributed by atoms with Gasteiger partial charge in [-0.05, 0) is 80.6 Å². The third kappa shape index (κ3) is 8.69. The zero-order valence-electron chi connectivity index (χ0n) is 26.1. The number of esters is 1. The average Bonchev–Trinajstić information content (AvgIpc) is 3.45. The maximum Gasteiger partial charge on any atom is 0.341 e. The maximum atomic E-state index is 13.5. The van der Waals surface area contributed by atoms with Crippen molar-refractivity contribution in [2.75, 3.05) is 30.1 Å². The molecule has 1 aliphatic carbocycles. The van der Waals surface area contributed by atoms with Crippen LogP contribution in [0.4, 0.5) is 10.7 Å². The quantitative estimate of drug-likeness (QED) is 0.0848. The summed E-state index contributed by atoms with van der Waals surface area (Å²) < 4.78 is 10.7. The Morgan fingerprint density at radius 1 is 0.915 bits per heavy atom. The number of nitrogens with one attached hydrogen (secondary N) is 3. The van der Waals surface area contributed by atoms with E-state index in [1.54, 1.807) is 73.7 Å². The molecule has 0 aliphatic heterocycles. The van der Waals surface area contributed by atoms with E-state index >= 15 is 0 Å². The van der Waals surface area contributed by atoms with Gasteiger partial charge in [0, 0.05) is 26.6 Å². The number of amides is 3. The summed E-state index contributed by atoms with van der Waals surface area (Å²) in [6.45, 7) is 2.02. The molecule has 47 heavy (non-hydrogen) atoms. The minimum atomic E-state index is -0.534. The van der Waals surface area contributed by atoms with Crippen LogP contribution in [0, 0.1) is 0 Å². The Kier molecular flexibility index (Phi) is 11.5. The summed E-state index contributed by atoms with van der Waals surface area (Å²) in [5.74, 6) is -0.991. The molecule has 5 rings (SSSR count). The second-order valence-corrected chi connectivity index (χ2v) is 12.7. The number of anilines is 2. The van der Waals surface area contributed by atoms with Gasteiger partial charge in [-0.1, -0.05) is 42.5 Å². The number of fused-ring (bicyclic) bond motifs is 1. The molecule has 4 aromatic rings. The van der Waals surface area contributed by atoms with Crippen molar-refractivity contribution in [1.29, 1.82) is 0 Å². The lowest BCUT2D eigenvalue weighted by molar-refractivity contribution is -0.114. The van der Waals surface area contributed by atoms with Gasteiger partial charge < -0.3 is 25.4 Å². The van der Waals surface area contributed by atoms with Gasteiger partial charge in [-0.2, -0.15) is 0 Å². The molecule has 1 aromatic heterocycles. The number of thiophene rings is 1. The number of hydrogen-bond acceptors (Lipinski definition) is 8. The van der Waals surface area contributed by atoms with E-state index in [1.807, 2.05) is 18.2 Å². The van der Waals surface area contributed by atoms with Crippen LogP contribution in [0.15, 0.2) is 89.5 Å². The van der Waals surface area contributed by atoms with Gasteiger partial charge >= 0.3 is 5.97 Å². The van der Waals surface area contributed by atoms with E-state index in [-0.39, 0.29) is 24.0 Å². The highest BCUT2D eigenvalue weighted by molar-refractivity contribution is 8.00. The van der Waals surface area contributed by atoms with Crippen molar-refractivity contribution in [1.82, 2.24) is 5.32 Å². The van der Waals surface area contributed by atoms with Crippen molar-refractivity contribution in [3.8, 4) is 5.75 Å². The van der Waals surface area contributed by atoms with Gasteiger partial charge in [0.15, 0.2) is 0 Å². The van der Waals surface area contributed by atoms with Crippen LogP contribution in [0.1, 0.15) is 56.5 Å². The summed E-state index contributed by atoms with van der Waals surface area (Å²) in [5.41, 5.74) is 2.99. The molecule has 3 amide bonds. The fourth-order valence-corrected chi connectivity index (χ4v) is 7.18. The SMILES string of the molecule is CCOC(=O)c1c(NC(=O)CSc2cccc(NC(=O)/C(=C\c3ccccc3OC)NC(=O)c3ccccc3)c2)sc2c1CCCC2. The average molecular weight is 670 g/mol. The fraction of sp³-hybridized carbons (Fsp3) is 0.222. The van der Waals surface area contributed by atoms with Crippen molar-refractivity contribution in [2.24, 2.45) is 0 Å². The number of methoxy groups -OCH3 is 1. The first-order chi connectivity index (χ1) is 22.9. The van der Waals surface area contributed by atoms with Crippen LogP contribution in [0.2, 0.25) is 0 Å². The fourth-order valence-electron chi connectivity index (χ4n) is 5.13. The Morgan fingerprint density at radius 2 is 1.68 bits per heavy atom. The monoisotopic (exact) mass is 669 g/mol. The van der Waals surface area contributed by atoms with E-state index in [1.165, 1.54) is 30.2 Å². The molecule has 0 saturated heterocycles. The van der Waals surface area contributed by atoms with Crippen LogP contribution < -0.4 is 20.7 Å². The Bertz CT molecular complexity index is 1800. The maximum absolute atomic E-state index is 13.5. The van der Waals surface area contributed by atoms with E-state index in [0.717, 1.165) is 41.0 Å². The number of carbonyl (C=O) groups is 4. The van der Waals surface area contributed by atoms with Crippen molar-refractivity contribution in [3.63, 3.8) is 0 Å². The molecule has 242 valence electrons. The number of thioether (sulfide) groups is 1. The van der Waals surface area contributed by atoms with Gasteiger partial charge in [0.25, 0.3) is 11.8 Å². The third-order valence-electron chi connectivity index (χ3n) is 7.33.